The molecule has 0 saturated carbocycles. The summed E-state index contributed by atoms with van der Waals surface area (Å²) in [6.45, 7) is 4.04. The average molecular weight is 492 g/mol. The van der Waals surface area contributed by atoms with Gasteiger partial charge in [0.15, 0.2) is 0 Å². The number of nitrogens with zero attached hydrogens (tertiary/aromatic N) is 1. The fourth-order valence-corrected chi connectivity index (χ4v) is 4.30. The number of hydrogen-bond acceptors (Lipinski definition) is 5. The van der Waals surface area contributed by atoms with Crippen LogP contribution in [0.25, 0.3) is 5.76 Å². The average Bonchev–Trinajstić information content (AvgIpc) is 3.09. The Labute approximate surface area is 209 Å². The lowest BCUT2D eigenvalue weighted by molar-refractivity contribution is -0.140. The summed E-state index contributed by atoms with van der Waals surface area (Å²) in [6, 6.07) is 20.2. The summed E-state index contributed by atoms with van der Waals surface area (Å²) in [5.41, 5.74) is 1.88. The minimum absolute atomic E-state index is 0.00406. The number of aliphatic hydroxyl groups is 1. The Bertz CT molecular complexity index is 1270. The van der Waals surface area contributed by atoms with Crippen LogP contribution in [0.2, 0.25) is 5.02 Å². The van der Waals surface area contributed by atoms with Gasteiger partial charge in [0.25, 0.3) is 11.7 Å². The zero-order chi connectivity index (χ0) is 25.1. The van der Waals surface area contributed by atoms with Gasteiger partial charge in [-0.1, -0.05) is 48.0 Å². The molecule has 1 amide bonds. The first-order valence-corrected chi connectivity index (χ1v) is 11.6. The van der Waals surface area contributed by atoms with Gasteiger partial charge in [0.2, 0.25) is 0 Å². The Hall–Kier alpha value is -3.77. The number of methoxy groups -OCH3 is 1. The quantitative estimate of drug-likeness (QED) is 0.258. The van der Waals surface area contributed by atoms with Crippen molar-refractivity contribution in [3.8, 4) is 11.5 Å². The van der Waals surface area contributed by atoms with E-state index < -0.39 is 17.7 Å². The number of amides is 1. The number of carbonyl (C=O) groups excluding carboxylic acids is 2. The maximum Gasteiger partial charge on any atom is 0.295 e. The van der Waals surface area contributed by atoms with Crippen molar-refractivity contribution in [3.63, 3.8) is 0 Å². The first-order valence-electron chi connectivity index (χ1n) is 11.2. The van der Waals surface area contributed by atoms with Crippen LogP contribution in [-0.2, 0) is 16.1 Å². The van der Waals surface area contributed by atoms with Crippen LogP contribution in [0.5, 0.6) is 11.5 Å². The highest BCUT2D eigenvalue weighted by atomic mass is 35.5. The van der Waals surface area contributed by atoms with Gasteiger partial charge in [-0.2, -0.15) is 0 Å². The van der Waals surface area contributed by atoms with Crippen molar-refractivity contribution < 1.29 is 24.2 Å². The van der Waals surface area contributed by atoms with Crippen LogP contribution < -0.4 is 9.47 Å². The van der Waals surface area contributed by atoms with Gasteiger partial charge in [-0.25, -0.2) is 0 Å². The zero-order valence-corrected chi connectivity index (χ0v) is 20.5. The molecule has 0 radical (unpaired) electrons. The van der Waals surface area contributed by atoms with Crippen molar-refractivity contribution in [2.45, 2.75) is 32.5 Å². The summed E-state index contributed by atoms with van der Waals surface area (Å²) in [6.07, 6.45) is 0.00406. The first kappa shape index (κ1) is 24.4. The lowest BCUT2D eigenvalue weighted by Gasteiger charge is -2.26. The Balaban J connectivity index is 1.80. The Morgan fingerprint density at radius 1 is 1.00 bits per heavy atom. The Morgan fingerprint density at radius 3 is 2.26 bits per heavy atom. The third-order valence-corrected chi connectivity index (χ3v) is 5.95. The molecule has 0 bridgehead atoms. The van der Waals surface area contributed by atoms with E-state index in [0.29, 0.717) is 27.6 Å². The molecule has 35 heavy (non-hydrogen) atoms. The third-order valence-electron chi connectivity index (χ3n) is 5.72. The van der Waals surface area contributed by atoms with E-state index in [4.69, 9.17) is 21.1 Å². The van der Waals surface area contributed by atoms with Crippen LogP contribution in [0.3, 0.4) is 0 Å². The minimum atomic E-state index is -0.788. The molecule has 1 saturated heterocycles. The van der Waals surface area contributed by atoms with Gasteiger partial charge in [0.05, 0.1) is 24.8 Å². The molecule has 180 valence electrons. The molecule has 4 rings (SSSR count). The second-order valence-electron chi connectivity index (χ2n) is 8.52. The Kier molecular flexibility index (Phi) is 7.12. The maximum absolute atomic E-state index is 13.2. The number of halogens is 1. The second-order valence-corrected chi connectivity index (χ2v) is 8.96. The highest BCUT2D eigenvalue weighted by Gasteiger charge is 2.46. The van der Waals surface area contributed by atoms with E-state index in [1.807, 2.05) is 26.0 Å². The van der Waals surface area contributed by atoms with Gasteiger partial charge >= 0.3 is 0 Å². The summed E-state index contributed by atoms with van der Waals surface area (Å²) in [5, 5.41) is 11.6. The number of rotatable bonds is 7. The summed E-state index contributed by atoms with van der Waals surface area (Å²) in [5.74, 6) is -0.337. The predicted molar refractivity (Wildman–Crippen MR) is 134 cm³/mol. The lowest BCUT2D eigenvalue weighted by Crippen LogP contribution is -2.29. The fraction of sp³-hybridized carbons (Fsp3) is 0.214. The van der Waals surface area contributed by atoms with Gasteiger partial charge in [-0.15, -0.1) is 0 Å². The monoisotopic (exact) mass is 491 g/mol. The zero-order valence-electron chi connectivity index (χ0n) is 19.7. The molecule has 1 heterocycles. The topological polar surface area (TPSA) is 76.1 Å². The third kappa shape index (κ3) is 5.17. The van der Waals surface area contributed by atoms with E-state index in [0.717, 1.165) is 5.56 Å². The lowest BCUT2D eigenvalue weighted by atomic mass is 9.95. The summed E-state index contributed by atoms with van der Waals surface area (Å²) in [4.78, 5) is 27.9. The predicted octanol–water partition coefficient (Wildman–Crippen LogP) is 5.76. The maximum atomic E-state index is 13.2. The highest BCUT2D eigenvalue weighted by Crippen LogP contribution is 2.41. The van der Waals surface area contributed by atoms with Gasteiger partial charge in [-0.3, -0.25) is 9.59 Å². The molecule has 7 heteroatoms. The number of hydrogen-bond donors (Lipinski definition) is 1. The van der Waals surface area contributed by atoms with Crippen LogP contribution in [0, 0.1) is 0 Å². The molecule has 6 nitrogen and oxygen atoms in total. The van der Waals surface area contributed by atoms with Crippen molar-refractivity contribution in [2.24, 2.45) is 0 Å². The second kappa shape index (κ2) is 10.2. The molecule has 0 aromatic heterocycles. The summed E-state index contributed by atoms with van der Waals surface area (Å²) < 4.78 is 11.0. The number of likely N-dealkylation sites (tertiary alicyclic amines) is 1. The smallest absolute Gasteiger partial charge is 0.295 e. The van der Waals surface area contributed by atoms with E-state index in [2.05, 4.69) is 0 Å². The van der Waals surface area contributed by atoms with Crippen molar-refractivity contribution >= 4 is 29.1 Å². The van der Waals surface area contributed by atoms with Crippen molar-refractivity contribution in [1.29, 1.82) is 0 Å². The first-order chi connectivity index (χ1) is 16.8. The number of ether oxygens (including phenoxy) is 2. The molecule has 3 aromatic carbocycles. The van der Waals surface area contributed by atoms with Crippen LogP contribution in [0.1, 0.15) is 36.6 Å². The molecule has 1 aliphatic heterocycles. The molecule has 1 atom stereocenters. The molecule has 1 unspecified atom stereocenters. The minimum Gasteiger partial charge on any atom is -0.507 e. The van der Waals surface area contributed by atoms with Crippen LogP contribution >= 0.6 is 11.6 Å². The number of carbonyl (C=O) groups is 2. The fourth-order valence-electron chi connectivity index (χ4n) is 4.11. The van der Waals surface area contributed by atoms with Gasteiger partial charge < -0.3 is 19.5 Å². The van der Waals surface area contributed by atoms with Gasteiger partial charge in [0, 0.05) is 17.1 Å². The molecule has 0 aliphatic carbocycles. The number of aliphatic hydroxyl groups excluding tert-OH is 1. The van der Waals surface area contributed by atoms with Crippen LogP contribution in [0.4, 0.5) is 0 Å². The van der Waals surface area contributed by atoms with Crippen molar-refractivity contribution in [3.05, 3.63) is 100 Å². The highest BCUT2D eigenvalue weighted by molar-refractivity contribution is 6.46. The van der Waals surface area contributed by atoms with Crippen molar-refractivity contribution in [1.82, 2.24) is 4.90 Å². The van der Waals surface area contributed by atoms with Gasteiger partial charge in [-0.05, 0) is 61.4 Å². The molecule has 1 fully saturated rings. The van der Waals surface area contributed by atoms with Crippen LogP contribution in [-0.4, -0.2) is 34.9 Å². The van der Waals surface area contributed by atoms with E-state index >= 15 is 0 Å². The number of benzene rings is 3. The SMILES string of the molecule is COc1ccc(CN2C(=O)C(=O)/C(=C(\O)c3cccc(Cl)c3)C2c2ccc(OC(C)C)cc2)cc1. The van der Waals surface area contributed by atoms with Gasteiger partial charge in [0.1, 0.15) is 17.3 Å². The molecule has 1 aliphatic rings. The molecule has 3 aromatic rings. The molecule has 1 N–H and O–H groups in total. The van der Waals surface area contributed by atoms with Crippen molar-refractivity contribution in [2.75, 3.05) is 7.11 Å². The van der Waals surface area contributed by atoms with E-state index in [9.17, 15) is 14.7 Å². The number of ketones is 1. The van der Waals surface area contributed by atoms with E-state index in [1.54, 1.807) is 67.8 Å². The van der Waals surface area contributed by atoms with E-state index in [-0.39, 0.29) is 24.0 Å². The standard InChI is InChI=1S/C28H26ClNO5/c1-17(2)35-23-13-9-19(10-14-23)25-24(26(31)20-5-4-6-21(29)15-20)27(32)28(33)30(25)16-18-7-11-22(34-3)12-8-18/h4-15,17,25,31H,16H2,1-3H3/b26-24-. The van der Waals surface area contributed by atoms with Crippen LogP contribution in [0.15, 0.2) is 78.4 Å². The molecular weight excluding hydrogens is 466 g/mol. The normalized spacial score (nSPS) is 17.2. The van der Waals surface area contributed by atoms with E-state index in [1.165, 1.54) is 4.90 Å². The molecular formula is C28H26ClNO5. The Morgan fingerprint density at radius 2 is 1.66 bits per heavy atom. The number of Topliss-reactive ketones (excluding diaryl/α,β-unsaturated/α-hetero) is 1. The summed E-state index contributed by atoms with van der Waals surface area (Å²) in [7, 11) is 1.58. The summed E-state index contributed by atoms with van der Waals surface area (Å²) >= 11 is 6.11. The molecule has 0 spiro atoms. The largest absolute Gasteiger partial charge is 0.507 e.